The molecule has 2 heterocycles. The fourth-order valence-corrected chi connectivity index (χ4v) is 0.933. The Balaban J connectivity index is 0.000000112. The number of nitrogens with one attached hydrogen (secondary N) is 1. The second kappa shape index (κ2) is 5.68. The molecule has 0 saturated carbocycles. The molecule has 2 nitrogen and oxygen atoms in total. The van der Waals surface area contributed by atoms with Crippen molar-refractivity contribution in [3.05, 3.63) is 41.6 Å². The van der Waals surface area contributed by atoms with E-state index >= 15 is 0 Å². The molecule has 0 radical (unpaired) electrons. The van der Waals surface area contributed by atoms with Crippen molar-refractivity contribution >= 4 is 11.3 Å². The maximum absolute atomic E-state index is 3.74. The van der Waals surface area contributed by atoms with Gasteiger partial charge in [0.1, 0.15) is 0 Å². The normalized spacial score (nSPS) is 13.1. The van der Waals surface area contributed by atoms with Gasteiger partial charge in [0.05, 0.1) is 5.51 Å². The summed E-state index contributed by atoms with van der Waals surface area (Å²) in [5.74, 6) is 0. The van der Waals surface area contributed by atoms with Crippen molar-refractivity contribution in [2.24, 2.45) is 0 Å². The highest BCUT2D eigenvalue weighted by molar-refractivity contribution is 7.07. The summed E-state index contributed by atoms with van der Waals surface area (Å²) in [6, 6.07) is 0. The van der Waals surface area contributed by atoms with Crippen LogP contribution in [-0.2, 0) is 0 Å². The number of nitrogens with zero attached hydrogens (tertiary/aromatic N) is 1. The average molecular weight is 166 g/mol. The fourth-order valence-electron chi connectivity index (χ4n) is 0.582. The summed E-state index contributed by atoms with van der Waals surface area (Å²) in [7, 11) is 0. The zero-order chi connectivity index (χ0) is 7.78. The van der Waals surface area contributed by atoms with Crippen LogP contribution in [0.3, 0.4) is 0 Å². The predicted molar refractivity (Wildman–Crippen MR) is 48.1 cm³/mol. The van der Waals surface area contributed by atoms with E-state index in [-0.39, 0.29) is 0 Å². The minimum atomic E-state index is 1.08. The van der Waals surface area contributed by atoms with Crippen LogP contribution in [0.2, 0.25) is 0 Å². The van der Waals surface area contributed by atoms with Crippen LogP contribution in [0.1, 0.15) is 6.42 Å². The van der Waals surface area contributed by atoms with Crippen LogP contribution in [0.15, 0.2) is 41.6 Å². The summed E-state index contributed by atoms with van der Waals surface area (Å²) in [6.45, 7) is 0. The molecule has 0 bridgehead atoms. The maximum atomic E-state index is 3.74. The van der Waals surface area contributed by atoms with Gasteiger partial charge < -0.3 is 5.32 Å². The predicted octanol–water partition coefficient (Wildman–Crippen LogP) is 2.15. The third kappa shape index (κ3) is 4.33. The molecule has 0 saturated heterocycles. The number of dihydropyridines is 1. The largest absolute Gasteiger partial charge is 0.368 e. The highest BCUT2D eigenvalue weighted by Crippen LogP contribution is 1.87. The van der Waals surface area contributed by atoms with Crippen LogP contribution in [0.25, 0.3) is 0 Å². The standard InChI is InChI=1S/C5H7N.C3H3NS/c1-2-4-6-5-3-1;1-2-5-3-4-1/h2-6H,1H2;1-3H. The monoisotopic (exact) mass is 166 g/mol. The molecule has 58 valence electrons. The Morgan fingerprint density at radius 2 is 2.09 bits per heavy atom. The van der Waals surface area contributed by atoms with E-state index in [0.29, 0.717) is 0 Å². The first-order valence-electron chi connectivity index (χ1n) is 3.38. The summed E-state index contributed by atoms with van der Waals surface area (Å²) in [5.41, 5.74) is 1.79. The zero-order valence-corrected chi connectivity index (χ0v) is 6.92. The highest BCUT2D eigenvalue weighted by Gasteiger charge is 1.73. The molecule has 0 spiro atoms. The van der Waals surface area contributed by atoms with Crippen LogP contribution in [0, 0.1) is 0 Å². The molecule has 1 aromatic rings. The second-order valence-electron chi connectivity index (χ2n) is 1.88. The van der Waals surface area contributed by atoms with Crippen molar-refractivity contribution in [2.75, 3.05) is 0 Å². The molecule has 3 heteroatoms. The number of allylic oxidation sites excluding steroid dienone is 2. The molecule has 0 fully saturated rings. The molecule has 0 aromatic carbocycles. The number of aromatic nitrogens is 1. The molecule has 0 unspecified atom stereocenters. The number of rotatable bonds is 0. The summed E-state index contributed by atoms with van der Waals surface area (Å²) in [4.78, 5) is 3.74. The van der Waals surface area contributed by atoms with E-state index in [2.05, 4.69) is 22.5 Å². The third-order valence-corrected chi connectivity index (χ3v) is 1.57. The van der Waals surface area contributed by atoms with Crippen LogP contribution < -0.4 is 5.32 Å². The van der Waals surface area contributed by atoms with Gasteiger partial charge in [0.15, 0.2) is 0 Å². The van der Waals surface area contributed by atoms with Crippen molar-refractivity contribution in [2.45, 2.75) is 6.42 Å². The van der Waals surface area contributed by atoms with Crippen LogP contribution >= 0.6 is 11.3 Å². The molecule has 11 heavy (non-hydrogen) atoms. The summed E-state index contributed by atoms with van der Waals surface area (Å²) >= 11 is 1.60. The van der Waals surface area contributed by atoms with Crippen molar-refractivity contribution in [3.8, 4) is 0 Å². The van der Waals surface area contributed by atoms with E-state index in [1.165, 1.54) is 0 Å². The zero-order valence-electron chi connectivity index (χ0n) is 6.10. The molecule has 2 rings (SSSR count). The maximum Gasteiger partial charge on any atom is 0.0791 e. The van der Waals surface area contributed by atoms with E-state index in [0.717, 1.165) is 6.42 Å². The Kier molecular flexibility index (Phi) is 4.13. The van der Waals surface area contributed by atoms with Crippen molar-refractivity contribution in [3.63, 3.8) is 0 Å². The average Bonchev–Trinajstić information content (AvgIpc) is 2.64. The Morgan fingerprint density at radius 3 is 2.27 bits per heavy atom. The van der Waals surface area contributed by atoms with Gasteiger partial charge in [-0.3, -0.25) is 4.98 Å². The van der Waals surface area contributed by atoms with Crippen molar-refractivity contribution in [1.82, 2.24) is 10.3 Å². The molecule has 0 amide bonds. The molecule has 0 atom stereocenters. The molecule has 1 N–H and O–H groups in total. The first-order valence-corrected chi connectivity index (χ1v) is 4.32. The van der Waals surface area contributed by atoms with Gasteiger partial charge in [-0.2, -0.15) is 0 Å². The number of hydrogen-bond acceptors (Lipinski definition) is 3. The van der Waals surface area contributed by atoms with E-state index in [1.807, 2.05) is 17.8 Å². The van der Waals surface area contributed by atoms with Gasteiger partial charge >= 0.3 is 0 Å². The van der Waals surface area contributed by atoms with Crippen LogP contribution in [0.5, 0.6) is 0 Å². The Morgan fingerprint density at radius 1 is 1.27 bits per heavy atom. The minimum absolute atomic E-state index is 1.08. The van der Waals surface area contributed by atoms with E-state index in [4.69, 9.17) is 0 Å². The first kappa shape index (κ1) is 8.01. The lowest BCUT2D eigenvalue weighted by molar-refractivity contribution is 1.11. The molecule has 0 aliphatic carbocycles. The Hall–Kier alpha value is -1.09. The topological polar surface area (TPSA) is 24.9 Å². The van der Waals surface area contributed by atoms with Gasteiger partial charge in [0.25, 0.3) is 0 Å². The van der Waals surface area contributed by atoms with Gasteiger partial charge in [-0.05, 0) is 18.8 Å². The van der Waals surface area contributed by atoms with Crippen molar-refractivity contribution < 1.29 is 0 Å². The number of thiazole rings is 1. The summed E-state index contributed by atoms with van der Waals surface area (Å²) < 4.78 is 0. The lowest BCUT2D eigenvalue weighted by atomic mass is 10.4. The molecular formula is C8H10N2S. The lowest BCUT2D eigenvalue weighted by Crippen LogP contribution is -1.93. The second-order valence-corrected chi connectivity index (χ2v) is 2.64. The fraction of sp³-hybridized carbons (Fsp3) is 0.125. The molecular weight excluding hydrogens is 156 g/mol. The molecule has 1 aromatic heterocycles. The van der Waals surface area contributed by atoms with Gasteiger partial charge in [-0.15, -0.1) is 11.3 Å². The molecule has 1 aliphatic heterocycles. The Bertz CT molecular complexity index is 177. The third-order valence-electron chi connectivity index (χ3n) is 1.05. The van der Waals surface area contributed by atoms with Crippen molar-refractivity contribution in [1.29, 1.82) is 0 Å². The van der Waals surface area contributed by atoms with Crippen LogP contribution in [0.4, 0.5) is 0 Å². The highest BCUT2D eigenvalue weighted by atomic mass is 32.1. The first-order chi connectivity index (χ1) is 5.50. The Labute approximate surface area is 70.3 Å². The smallest absolute Gasteiger partial charge is 0.0791 e. The quantitative estimate of drug-likeness (QED) is 0.638. The SMILES string of the molecule is C1=CNC=CC1.c1cscn1. The summed E-state index contributed by atoms with van der Waals surface area (Å²) in [6.07, 6.45) is 10.8. The van der Waals surface area contributed by atoms with Crippen LogP contribution in [-0.4, -0.2) is 4.98 Å². The van der Waals surface area contributed by atoms with E-state index < -0.39 is 0 Å². The van der Waals surface area contributed by atoms with Gasteiger partial charge in [-0.1, -0.05) is 12.2 Å². The minimum Gasteiger partial charge on any atom is -0.368 e. The van der Waals surface area contributed by atoms with Gasteiger partial charge in [-0.25, -0.2) is 0 Å². The number of hydrogen-bond donors (Lipinski definition) is 1. The van der Waals surface area contributed by atoms with E-state index in [9.17, 15) is 0 Å². The van der Waals surface area contributed by atoms with Gasteiger partial charge in [0.2, 0.25) is 0 Å². The van der Waals surface area contributed by atoms with E-state index in [1.54, 1.807) is 23.0 Å². The lowest BCUT2D eigenvalue weighted by Gasteiger charge is -1.92. The summed E-state index contributed by atoms with van der Waals surface area (Å²) in [5, 5.41) is 4.85. The molecule has 1 aliphatic rings. The van der Waals surface area contributed by atoms with Gasteiger partial charge in [0, 0.05) is 11.6 Å².